The highest BCUT2D eigenvalue weighted by Gasteiger charge is 2.30. The molecule has 10 rings (SSSR count). The monoisotopic (exact) mass is 895 g/mol. The van der Waals surface area contributed by atoms with Gasteiger partial charge in [0.2, 0.25) is 5.95 Å². The van der Waals surface area contributed by atoms with Gasteiger partial charge in [0.05, 0.1) is 28.4 Å². The molecule has 0 atom stereocenters. The van der Waals surface area contributed by atoms with Crippen LogP contribution in [0.15, 0.2) is 182 Å². The number of aryl methyl sites for hydroxylation is 7. The van der Waals surface area contributed by atoms with Crippen molar-refractivity contribution in [1.82, 2.24) is 15.0 Å². The van der Waals surface area contributed by atoms with Crippen molar-refractivity contribution in [2.24, 2.45) is 0 Å². The first-order valence-electron chi connectivity index (χ1n) is 23.9. The number of hydrogen-bond acceptors (Lipinski definition) is 5. The summed E-state index contributed by atoms with van der Waals surface area (Å²) >= 11 is 0. The van der Waals surface area contributed by atoms with E-state index in [4.69, 9.17) is 15.0 Å². The summed E-state index contributed by atoms with van der Waals surface area (Å²) in [6.45, 7) is 20.1. The SMILES string of the molecule is Cc1cc(C)c(N(c2cc(C)c(C)c(N(c3nc(-c4ccccc4)nc(-c4cc5ccccc5cc4-c4ccccc4)n3)c3ccccc3-c3ccccc3)c2C)c2c(C)cc(C)cc2C)c(C)c1. The van der Waals surface area contributed by atoms with Crippen molar-refractivity contribution < 1.29 is 0 Å². The fraction of sp³-hybridized carbons (Fsp3) is 0.141. The molecule has 0 N–H and O–H groups in total. The Balaban J connectivity index is 1.33. The third kappa shape index (κ3) is 8.46. The number of para-hydroxylation sites is 1. The lowest BCUT2D eigenvalue weighted by atomic mass is 9.94. The standard InChI is InChI=1S/C64H57N5/c1-40-33-43(4)59(44(5)34-40)68(60-45(6)35-41(2)36-46(60)7)58-37-42(3)47(8)61(48(58)9)69(57-32-22-21-31-54(57)49-23-13-10-14-24-49)64-66-62(51-27-17-12-18-28-51)65-63(67-64)56-39-53-30-20-19-29-52(53)38-55(56)50-25-15-11-16-26-50/h10-39H,1-9H3. The maximum absolute atomic E-state index is 5.68. The van der Waals surface area contributed by atoms with Crippen LogP contribution < -0.4 is 9.80 Å². The summed E-state index contributed by atoms with van der Waals surface area (Å²) in [4.78, 5) is 21.5. The van der Waals surface area contributed by atoms with E-state index in [9.17, 15) is 0 Å². The zero-order valence-electron chi connectivity index (χ0n) is 41.1. The zero-order chi connectivity index (χ0) is 47.9. The molecule has 10 aromatic rings. The Morgan fingerprint density at radius 1 is 0.304 bits per heavy atom. The molecular weight excluding hydrogens is 839 g/mol. The Morgan fingerprint density at radius 2 is 0.754 bits per heavy atom. The molecule has 0 aliphatic carbocycles. The molecule has 9 aromatic carbocycles. The maximum Gasteiger partial charge on any atom is 0.238 e. The van der Waals surface area contributed by atoms with E-state index in [-0.39, 0.29) is 0 Å². The molecule has 338 valence electrons. The molecule has 0 unspecified atom stereocenters. The van der Waals surface area contributed by atoms with Gasteiger partial charge in [0.25, 0.3) is 0 Å². The molecule has 69 heavy (non-hydrogen) atoms. The van der Waals surface area contributed by atoms with Gasteiger partial charge >= 0.3 is 0 Å². The summed E-state index contributed by atoms with van der Waals surface area (Å²) in [7, 11) is 0. The summed E-state index contributed by atoms with van der Waals surface area (Å²) in [6.07, 6.45) is 0. The van der Waals surface area contributed by atoms with E-state index in [1.54, 1.807) is 0 Å². The Hall–Kier alpha value is -8.15. The lowest BCUT2D eigenvalue weighted by Gasteiger charge is -2.36. The smallest absolute Gasteiger partial charge is 0.238 e. The minimum Gasteiger partial charge on any atom is -0.309 e. The minimum atomic E-state index is 0.522. The van der Waals surface area contributed by atoms with Crippen molar-refractivity contribution in [1.29, 1.82) is 0 Å². The molecule has 5 heteroatoms. The van der Waals surface area contributed by atoms with Crippen LogP contribution in [0, 0.1) is 62.3 Å². The van der Waals surface area contributed by atoms with Crippen molar-refractivity contribution >= 4 is 45.2 Å². The van der Waals surface area contributed by atoms with Crippen molar-refractivity contribution in [2.75, 3.05) is 9.80 Å². The van der Waals surface area contributed by atoms with E-state index >= 15 is 0 Å². The van der Waals surface area contributed by atoms with Crippen molar-refractivity contribution in [3.8, 4) is 45.0 Å². The molecule has 0 spiro atoms. The van der Waals surface area contributed by atoms with Crippen LogP contribution in [0.5, 0.6) is 0 Å². The first-order chi connectivity index (χ1) is 33.4. The highest BCUT2D eigenvalue weighted by Crippen LogP contribution is 2.50. The molecule has 0 aliphatic heterocycles. The predicted molar refractivity (Wildman–Crippen MR) is 291 cm³/mol. The molecule has 0 amide bonds. The zero-order valence-corrected chi connectivity index (χ0v) is 41.1. The first-order valence-corrected chi connectivity index (χ1v) is 23.9. The van der Waals surface area contributed by atoms with Crippen LogP contribution in [0.3, 0.4) is 0 Å². The van der Waals surface area contributed by atoms with Gasteiger partial charge in [-0.15, -0.1) is 0 Å². The van der Waals surface area contributed by atoms with E-state index in [1.165, 1.54) is 44.8 Å². The van der Waals surface area contributed by atoms with E-state index < -0.39 is 0 Å². The molecule has 0 radical (unpaired) electrons. The molecule has 1 heterocycles. The highest BCUT2D eigenvalue weighted by molar-refractivity contribution is 5.97. The predicted octanol–water partition coefficient (Wildman–Crippen LogP) is 17.4. The van der Waals surface area contributed by atoms with Gasteiger partial charge in [0.1, 0.15) is 0 Å². The molecule has 0 saturated carbocycles. The van der Waals surface area contributed by atoms with Crippen LogP contribution >= 0.6 is 0 Å². The third-order valence-electron chi connectivity index (χ3n) is 13.5. The van der Waals surface area contributed by atoms with Gasteiger partial charge in [-0.25, -0.2) is 4.98 Å². The summed E-state index contributed by atoms with van der Waals surface area (Å²) in [5, 5.41) is 2.26. The van der Waals surface area contributed by atoms with E-state index in [1.807, 2.05) is 18.2 Å². The fourth-order valence-corrected chi connectivity index (χ4v) is 10.4. The Kier molecular flexibility index (Phi) is 12.0. The summed E-state index contributed by atoms with van der Waals surface area (Å²) in [5.41, 5.74) is 22.3. The maximum atomic E-state index is 5.68. The average molecular weight is 896 g/mol. The number of fused-ring (bicyclic) bond motifs is 1. The molecule has 0 bridgehead atoms. The largest absolute Gasteiger partial charge is 0.309 e. The molecule has 0 saturated heterocycles. The van der Waals surface area contributed by atoms with Gasteiger partial charge in [0, 0.05) is 16.7 Å². The lowest BCUT2D eigenvalue weighted by molar-refractivity contribution is 1.01. The lowest BCUT2D eigenvalue weighted by Crippen LogP contribution is -2.22. The van der Waals surface area contributed by atoms with Crippen LogP contribution in [0.25, 0.3) is 55.8 Å². The van der Waals surface area contributed by atoms with Crippen molar-refractivity contribution in [3.63, 3.8) is 0 Å². The van der Waals surface area contributed by atoms with E-state index in [0.29, 0.717) is 17.6 Å². The number of rotatable bonds is 10. The van der Waals surface area contributed by atoms with Crippen LogP contribution in [0.2, 0.25) is 0 Å². The van der Waals surface area contributed by atoms with Gasteiger partial charge in [0.15, 0.2) is 11.6 Å². The van der Waals surface area contributed by atoms with E-state index in [0.717, 1.165) is 77.9 Å². The van der Waals surface area contributed by atoms with Crippen LogP contribution in [-0.2, 0) is 0 Å². The Morgan fingerprint density at radius 3 is 1.30 bits per heavy atom. The van der Waals surface area contributed by atoms with Gasteiger partial charge < -0.3 is 4.90 Å². The topological polar surface area (TPSA) is 45.2 Å². The number of nitrogens with zero attached hydrogens (tertiary/aromatic N) is 5. The second kappa shape index (κ2) is 18.5. The number of benzene rings is 9. The molecule has 1 aromatic heterocycles. The highest BCUT2D eigenvalue weighted by atomic mass is 15.3. The fourth-order valence-electron chi connectivity index (χ4n) is 10.4. The normalized spacial score (nSPS) is 11.3. The third-order valence-corrected chi connectivity index (χ3v) is 13.5. The molecule has 0 fully saturated rings. The molecular formula is C64H57N5. The molecule has 5 nitrogen and oxygen atoms in total. The second-order valence-corrected chi connectivity index (χ2v) is 18.6. The minimum absolute atomic E-state index is 0.522. The van der Waals surface area contributed by atoms with Gasteiger partial charge in [-0.3, -0.25) is 4.90 Å². The second-order valence-electron chi connectivity index (χ2n) is 18.6. The summed E-state index contributed by atoms with van der Waals surface area (Å²) in [5.74, 6) is 1.70. The van der Waals surface area contributed by atoms with Gasteiger partial charge in [-0.1, -0.05) is 169 Å². The summed E-state index contributed by atoms with van der Waals surface area (Å²) < 4.78 is 0. The van der Waals surface area contributed by atoms with Crippen molar-refractivity contribution in [3.05, 3.63) is 232 Å². The van der Waals surface area contributed by atoms with Crippen LogP contribution in [0.4, 0.5) is 34.4 Å². The number of hydrogen-bond donors (Lipinski definition) is 0. The Bertz CT molecular complexity index is 3440. The first kappa shape index (κ1) is 44.7. The van der Waals surface area contributed by atoms with Crippen molar-refractivity contribution in [2.45, 2.75) is 62.3 Å². The van der Waals surface area contributed by atoms with Crippen LogP contribution in [0.1, 0.15) is 50.1 Å². The van der Waals surface area contributed by atoms with E-state index in [2.05, 4.69) is 236 Å². The number of aromatic nitrogens is 3. The molecule has 0 aliphatic rings. The van der Waals surface area contributed by atoms with Gasteiger partial charge in [-0.05, 0) is 153 Å². The Labute approximate surface area is 407 Å². The quantitative estimate of drug-likeness (QED) is 0.137. The summed E-state index contributed by atoms with van der Waals surface area (Å²) in [6, 6.07) is 64.8. The van der Waals surface area contributed by atoms with Crippen LogP contribution in [-0.4, -0.2) is 15.0 Å². The average Bonchev–Trinajstić information content (AvgIpc) is 3.35. The number of anilines is 6. The van der Waals surface area contributed by atoms with Gasteiger partial charge in [-0.2, -0.15) is 9.97 Å².